The second kappa shape index (κ2) is 13.3. The molecule has 0 atom stereocenters. The molecule has 0 saturated carbocycles. The summed E-state index contributed by atoms with van der Waals surface area (Å²) in [6, 6.07) is 25.9. The van der Waals surface area contributed by atoms with Gasteiger partial charge in [-0.1, -0.05) is 66.2 Å². The van der Waals surface area contributed by atoms with Crippen molar-refractivity contribution in [3.8, 4) is 0 Å². The van der Waals surface area contributed by atoms with Crippen LogP contribution in [-0.4, -0.2) is 44.6 Å². The van der Waals surface area contributed by atoms with E-state index in [4.69, 9.17) is 0 Å². The van der Waals surface area contributed by atoms with E-state index in [1.54, 1.807) is 24.0 Å². The molecule has 0 bridgehead atoms. The van der Waals surface area contributed by atoms with Crippen molar-refractivity contribution in [1.29, 1.82) is 0 Å². The summed E-state index contributed by atoms with van der Waals surface area (Å²) in [7, 11) is 0. The van der Waals surface area contributed by atoms with E-state index < -0.39 is 16.6 Å². The Kier molecular flexibility index (Phi) is 9.14. The number of aromatic nitrogens is 1. The maximum atomic E-state index is 14.0. The van der Waals surface area contributed by atoms with Crippen LogP contribution in [0.3, 0.4) is 0 Å². The summed E-state index contributed by atoms with van der Waals surface area (Å²) in [6.07, 6.45) is 2.55. The van der Waals surface area contributed by atoms with Crippen molar-refractivity contribution >= 4 is 28.4 Å². The Morgan fingerprint density at radius 1 is 0.864 bits per heavy atom. The van der Waals surface area contributed by atoms with E-state index in [-0.39, 0.29) is 30.2 Å². The van der Waals surface area contributed by atoms with Crippen LogP contribution in [0.25, 0.3) is 10.9 Å². The molecule has 2 amide bonds. The van der Waals surface area contributed by atoms with Gasteiger partial charge in [-0.05, 0) is 61.2 Å². The fourth-order valence-corrected chi connectivity index (χ4v) is 5.19. The lowest BCUT2D eigenvalue weighted by molar-refractivity contribution is -0.385. The number of nitro benzene ring substituents is 1. The van der Waals surface area contributed by atoms with E-state index >= 15 is 0 Å². The molecule has 44 heavy (non-hydrogen) atoms. The molecule has 0 fully saturated rings. The first-order chi connectivity index (χ1) is 21.2. The van der Waals surface area contributed by atoms with Gasteiger partial charge in [-0.2, -0.15) is 0 Å². The molecule has 0 unspecified atom stereocenters. The Bertz CT molecular complexity index is 1800. The summed E-state index contributed by atoms with van der Waals surface area (Å²) >= 11 is 0. The van der Waals surface area contributed by atoms with E-state index in [0.29, 0.717) is 30.6 Å². The summed E-state index contributed by atoms with van der Waals surface area (Å²) in [6.45, 7) is 4.10. The molecule has 0 aliphatic heterocycles. The van der Waals surface area contributed by atoms with Gasteiger partial charge in [-0.15, -0.1) is 0 Å². The summed E-state index contributed by atoms with van der Waals surface area (Å²) in [5.74, 6) is -1.22. The van der Waals surface area contributed by atoms with Gasteiger partial charge in [0.15, 0.2) is 0 Å². The minimum absolute atomic E-state index is 0.0212. The lowest BCUT2D eigenvalue weighted by Crippen LogP contribution is -2.43. The monoisotopic (exact) mass is 592 g/mol. The zero-order valence-corrected chi connectivity index (χ0v) is 24.6. The fourth-order valence-electron chi connectivity index (χ4n) is 5.19. The number of aryl methyl sites for hydroxylation is 2. The van der Waals surface area contributed by atoms with Gasteiger partial charge < -0.3 is 14.8 Å². The minimum atomic E-state index is -0.532. The standard InChI is InChI=1S/C35H33FN4O4/c1-24-7-10-26(11-8-24)21-38(18-17-29-20-37-32-6-4-3-5-31(29)32)34(41)23-39(22-27-12-15-30(36)16-13-27)35(42)28-14-9-25(2)33(19-28)40(43)44/h3-16,19-20,37H,17-18,21-23H2,1-2H3. The smallest absolute Gasteiger partial charge is 0.273 e. The number of nitro groups is 1. The van der Waals surface area contributed by atoms with Crippen molar-refractivity contribution in [2.75, 3.05) is 13.1 Å². The minimum Gasteiger partial charge on any atom is -0.361 e. The highest BCUT2D eigenvalue weighted by molar-refractivity contribution is 5.97. The number of hydrogen-bond donors (Lipinski definition) is 1. The van der Waals surface area contributed by atoms with E-state index in [2.05, 4.69) is 4.98 Å². The van der Waals surface area contributed by atoms with Crippen LogP contribution in [-0.2, 0) is 24.3 Å². The molecule has 8 nitrogen and oxygen atoms in total. The lowest BCUT2D eigenvalue weighted by atomic mass is 10.1. The average molecular weight is 593 g/mol. The van der Waals surface area contributed by atoms with Gasteiger partial charge in [0.2, 0.25) is 5.91 Å². The highest BCUT2D eigenvalue weighted by atomic mass is 19.1. The SMILES string of the molecule is Cc1ccc(CN(CCc2c[nH]c3ccccc23)C(=O)CN(Cc2ccc(F)cc2)C(=O)c2ccc(C)c([N+](=O)[O-])c2)cc1. The highest BCUT2D eigenvalue weighted by Crippen LogP contribution is 2.22. The van der Waals surface area contributed by atoms with Crippen LogP contribution in [0, 0.1) is 29.8 Å². The number of carbonyl (C=O) groups is 2. The van der Waals surface area contributed by atoms with E-state index in [1.165, 1.54) is 35.2 Å². The van der Waals surface area contributed by atoms with Crippen molar-refractivity contribution in [3.63, 3.8) is 0 Å². The lowest BCUT2D eigenvalue weighted by Gasteiger charge is -2.28. The first-order valence-corrected chi connectivity index (χ1v) is 14.3. The Balaban J connectivity index is 1.43. The second-order valence-electron chi connectivity index (χ2n) is 11.0. The third kappa shape index (κ3) is 7.18. The number of benzene rings is 4. The Morgan fingerprint density at radius 3 is 2.23 bits per heavy atom. The molecule has 0 aliphatic carbocycles. The van der Waals surface area contributed by atoms with Crippen LogP contribution in [0.5, 0.6) is 0 Å². The van der Waals surface area contributed by atoms with E-state index in [1.807, 2.05) is 61.7 Å². The molecular formula is C35H33FN4O4. The molecule has 0 spiro atoms. The molecule has 1 heterocycles. The third-order valence-corrected chi connectivity index (χ3v) is 7.73. The molecule has 9 heteroatoms. The number of nitrogens with one attached hydrogen (secondary N) is 1. The van der Waals surface area contributed by atoms with Crippen molar-refractivity contribution < 1.29 is 18.9 Å². The molecular weight excluding hydrogens is 559 g/mol. The summed E-state index contributed by atoms with van der Waals surface area (Å²) in [5.41, 5.74) is 5.12. The number of nitrogens with zero attached hydrogens (tertiary/aromatic N) is 3. The fraction of sp³-hybridized carbons (Fsp3) is 0.200. The van der Waals surface area contributed by atoms with Crippen molar-refractivity contribution in [3.05, 3.63) is 147 Å². The van der Waals surface area contributed by atoms with Crippen molar-refractivity contribution in [1.82, 2.24) is 14.8 Å². The Hall–Kier alpha value is -5.31. The highest BCUT2D eigenvalue weighted by Gasteiger charge is 2.25. The number of hydrogen-bond acceptors (Lipinski definition) is 4. The van der Waals surface area contributed by atoms with Crippen LogP contribution >= 0.6 is 0 Å². The van der Waals surface area contributed by atoms with Crippen LogP contribution < -0.4 is 0 Å². The van der Waals surface area contributed by atoms with Crippen LogP contribution in [0.2, 0.25) is 0 Å². The van der Waals surface area contributed by atoms with Gasteiger partial charge in [-0.25, -0.2) is 4.39 Å². The Morgan fingerprint density at radius 2 is 1.52 bits per heavy atom. The summed E-state index contributed by atoms with van der Waals surface area (Å²) < 4.78 is 13.6. The first kappa shape index (κ1) is 30.2. The number of rotatable bonds is 11. The van der Waals surface area contributed by atoms with Crippen molar-refractivity contribution in [2.24, 2.45) is 0 Å². The zero-order valence-electron chi connectivity index (χ0n) is 24.6. The Labute approximate surface area is 254 Å². The molecule has 224 valence electrons. The average Bonchev–Trinajstić information content (AvgIpc) is 3.43. The number of H-pyrrole nitrogens is 1. The molecule has 5 aromatic rings. The maximum absolute atomic E-state index is 14.0. The number of aromatic amines is 1. The number of halogens is 1. The van der Waals surface area contributed by atoms with Gasteiger partial charge in [0, 0.05) is 53.9 Å². The second-order valence-corrected chi connectivity index (χ2v) is 11.0. The molecule has 1 N–H and O–H groups in total. The molecule has 0 saturated heterocycles. The van der Waals surface area contributed by atoms with Gasteiger partial charge >= 0.3 is 0 Å². The van der Waals surface area contributed by atoms with E-state index in [0.717, 1.165) is 27.6 Å². The number of carbonyl (C=O) groups excluding carboxylic acids is 2. The van der Waals surface area contributed by atoms with Crippen LogP contribution in [0.4, 0.5) is 10.1 Å². The van der Waals surface area contributed by atoms with Crippen molar-refractivity contribution in [2.45, 2.75) is 33.4 Å². The largest absolute Gasteiger partial charge is 0.361 e. The summed E-state index contributed by atoms with van der Waals surface area (Å²) in [4.78, 5) is 45.2. The van der Waals surface area contributed by atoms with Crippen LogP contribution in [0.1, 0.15) is 38.2 Å². The number of fused-ring (bicyclic) bond motifs is 1. The molecule has 0 radical (unpaired) electrons. The topological polar surface area (TPSA) is 99.6 Å². The molecule has 4 aromatic carbocycles. The molecule has 0 aliphatic rings. The first-order valence-electron chi connectivity index (χ1n) is 14.3. The van der Waals surface area contributed by atoms with E-state index in [9.17, 15) is 24.1 Å². The van der Waals surface area contributed by atoms with Gasteiger partial charge in [0.25, 0.3) is 11.6 Å². The van der Waals surface area contributed by atoms with Gasteiger partial charge in [-0.3, -0.25) is 19.7 Å². The van der Waals surface area contributed by atoms with Crippen LogP contribution in [0.15, 0.2) is 97.2 Å². The normalized spacial score (nSPS) is 11.0. The number of para-hydroxylation sites is 1. The maximum Gasteiger partial charge on any atom is 0.273 e. The zero-order chi connectivity index (χ0) is 31.2. The third-order valence-electron chi connectivity index (χ3n) is 7.73. The van der Waals surface area contributed by atoms with Gasteiger partial charge in [0.05, 0.1) is 4.92 Å². The predicted molar refractivity (Wildman–Crippen MR) is 168 cm³/mol. The predicted octanol–water partition coefficient (Wildman–Crippen LogP) is 6.75. The quantitative estimate of drug-likeness (QED) is 0.136. The number of amides is 2. The molecule has 5 rings (SSSR count). The van der Waals surface area contributed by atoms with Gasteiger partial charge in [0.1, 0.15) is 12.4 Å². The molecule has 1 aromatic heterocycles. The summed E-state index contributed by atoms with van der Waals surface area (Å²) in [5, 5.41) is 12.7.